The van der Waals surface area contributed by atoms with Crippen LogP contribution in [0.2, 0.25) is 0 Å². The first-order valence-corrected chi connectivity index (χ1v) is 17.5. The zero-order valence-electron chi connectivity index (χ0n) is 27.8. The van der Waals surface area contributed by atoms with E-state index in [1.54, 1.807) is 18.2 Å². The van der Waals surface area contributed by atoms with Crippen LogP contribution in [0.5, 0.6) is 0 Å². The van der Waals surface area contributed by atoms with Crippen LogP contribution in [-0.2, 0) is 24.1 Å². The number of aliphatic carboxylic acids is 1. The molecule has 0 amide bonds. The topological polar surface area (TPSA) is 144 Å². The molecule has 0 radical (unpaired) electrons. The van der Waals surface area contributed by atoms with Gasteiger partial charge in [0.2, 0.25) is 0 Å². The number of carboxylic acids is 2. The molecule has 6 N–H and O–H groups in total. The van der Waals surface area contributed by atoms with Gasteiger partial charge in [-0.2, -0.15) is 12.6 Å². The predicted octanol–water partition coefficient (Wildman–Crippen LogP) is 5.56. The Hall–Kier alpha value is -4.58. The molecule has 0 saturated heterocycles. The maximum Gasteiger partial charge on any atom is 0.355 e. The summed E-state index contributed by atoms with van der Waals surface area (Å²) in [5, 5.41) is 38.1. The molecule has 4 aromatic carbocycles. The van der Waals surface area contributed by atoms with Gasteiger partial charge in [0.25, 0.3) is 0 Å². The summed E-state index contributed by atoms with van der Waals surface area (Å²) in [6.07, 6.45) is 4.65. The first kappa shape index (κ1) is 36.7. The Labute approximate surface area is 298 Å². The monoisotopic (exact) mass is 692 g/mol. The molecular formula is C40H44N4O5S. The number of hydrogen-bond donors (Lipinski definition) is 7. The van der Waals surface area contributed by atoms with Crippen LogP contribution in [-0.4, -0.2) is 64.2 Å². The lowest BCUT2D eigenvalue weighted by Gasteiger charge is -2.25. The zero-order valence-corrected chi connectivity index (χ0v) is 28.7. The highest BCUT2D eigenvalue weighted by Gasteiger charge is 2.24. The van der Waals surface area contributed by atoms with Gasteiger partial charge in [0.1, 0.15) is 6.04 Å². The molecule has 0 aliphatic carbocycles. The van der Waals surface area contributed by atoms with E-state index < -0.39 is 18.0 Å². The van der Waals surface area contributed by atoms with E-state index in [2.05, 4.69) is 76.0 Å². The third-order valence-corrected chi connectivity index (χ3v) is 9.39. The first-order valence-electron chi connectivity index (χ1n) is 16.9. The number of aromatic carboxylic acids is 1. The summed E-state index contributed by atoms with van der Waals surface area (Å²) < 4.78 is 0. The fraction of sp³-hybridized carbons (Fsp3) is 0.275. The molecule has 8 rings (SSSR count). The van der Waals surface area contributed by atoms with Gasteiger partial charge in [-0.1, -0.05) is 97.1 Å². The maximum atomic E-state index is 10.9. The van der Waals surface area contributed by atoms with Crippen molar-refractivity contribution in [2.75, 3.05) is 32.0 Å². The molecule has 0 saturated carbocycles. The van der Waals surface area contributed by atoms with Gasteiger partial charge in [0.05, 0.1) is 12.6 Å². The number of hydrogen-bond acceptors (Lipinski definition) is 8. The smallest absolute Gasteiger partial charge is 0.355 e. The SMILES string of the molecule is O=C(O)C1NCCc2ccccc21.O=C(O)c1nccc2ccccc12.OCC1NCCc2ccccc21.SCC1NCCc2ccccc21. The molecule has 0 bridgehead atoms. The van der Waals surface area contributed by atoms with Gasteiger partial charge in [-0.15, -0.1) is 0 Å². The number of aliphatic hydroxyl groups is 1. The molecule has 10 heteroatoms. The molecule has 9 nitrogen and oxygen atoms in total. The second kappa shape index (κ2) is 18.4. The maximum absolute atomic E-state index is 10.9. The van der Waals surface area contributed by atoms with Crippen LogP contribution in [0.25, 0.3) is 10.8 Å². The number of pyridine rings is 1. The number of nitrogens with one attached hydrogen (secondary N) is 3. The summed E-state index contributed by atoms with van der Waals surface area (Å²) in [6.45, 7) is 3.00. The van der Waals surface area contributed by atoms with Crippen molar-refractivity contribution in [3.8, 4) is 0 Å². The molecule has 3 atom stereocenters. The predicted molar refractivity (Wildman–Crippen MR) is 200 cm³/mol. The molecule has 0 spiro atoms. The third kappa shape index (κ3) is 9.35. The Balaban J connectivity index is 0.000000130. The largest absolute Gasteiger partial charge is 0.480 e. The standard InChI is InChI=1S/C10H11NO2.C10H7NO2.C10H13NO.C10H13NS/c2*12-10(13)9-8-4-2-1-3-7(8)5-6-11-9;2*12-7-10-9-4-2-1-3-8(9)5-6-11-10/h1-4,9,11H,5-6H2,(H,12,13);1-6H,(H,12,13);2*1-4,10-12H,5-7H2. The third-order valence-electron chi connectivity index (χ3n) is 9.03. The number of carboxylic acid groups (broad SMARTS) is 2. The minimum absolute atomic E-state index is 0.109. The van der Waals surface area contributed by atoms with Crippen LogP contribution in [0.3, 0.4) is 0 Å². The lowest BCUT2D eigenvalue weighted by atomic mass is 9.95. The van der Waals surface area contributed by atoms with Crippen molar-refractivity contribution in [1.82, 2.24) is 20.9 Å². The molecule has 50 heavy (non-hydrogen) atoms. The number of thiol groups is 1. The molecule has 5 aromatic rings. The van der Waals surface area contributed by atoms with E-state index in [0.717, 1.165) is 61.2 Å². The summed E-state index contributed by atoms with van der Waals surface area (Å²) >= 11 is 4.33. The lowest BCUT2D eigenvalue weighted by molar-refractivity contribution is -0.139. The molecule has 4 heterocycles. The van der Waals surface area contributed by atoms with Crippen molar-refractivity contribution < 1.29 is 24.9 Å². The Morgan fingerprint density at radius 1 is 0.660 bits per heavy atom. The normalized spacial score (nSPS) is 18.6. The molecular weight excluding hydrogens is 649 g/mol. The van der Waals surface area contributed by atoms with Crippen LogP contribution in [0, 0.1) is 0 Å². The van der Waals surface area contributed by atoms with Gasteiger partial charge >= 0.3 is 11.9 Å². The number of rotatable bonds is 4. The number of fused-ring (bicyclic) bond motifs is 4. The number of carbonyl (C=O) groups is 2. The van der Waals surface area contributed by atoms with E-state index in [9.17, 15) is 9.59 Å². The van der Waals surface area contributed by atoms with E-state index in [-0.39, 0.29) is 18.3 Å². The van der Waals surface area contributed by atoms with Gasteiger partial charge in [-0.3, -0.25) is 4.79 Å². The van der Waals surface area contributed by atoms with Gasteiger partial charge in [-0.25, -0.2) is 9.78 Å². The summed E-state index contributed by atoms with van der Waals surface area (Å²) in [4.78, 5) is 25.4. The van der Waals surface area contributed by atoms with Crippen LogP contribution in [0.15, 0.2) is 109 Å². The van der Waals surface area contributed by atoms with Gasteiger partial charge in [-0.05, 0) is 77.2 Å². The Bertz CT molecular complexity index is 1820. The van der Waals surface area contributed by atoms with Gasteiger partial charge < -0.3 is 31.3 Å². The molecule has 3 aliphatic rings. The van der Waals surface area contributed by atoms with Crippen molar-refractivity contribution in [3.63, 3.8) is 0 Å². The van der Waals surface area contributed by atoms with Crippen LogP contribution in [0.1, 0.15) is 62.0 Å². The highest BCUT2D eigenvalue weighted by molar-refractivity contribution is 7.80. The van der Waals surface area contributed by atoms with Crippen LogP contribution in [0.4, 0.5) is 0 Å². The van der Waals surface area contributed by atoms with Crippen LogP contribution >= 0.6 is 12.6 Å². The number of aliphatic hydroxyl groups excluding tert-OH is 1. The molecule has 3 unspecified atom stereocenters. The van der Waals surface area contributed by atoms with Gasteiger partial charge in [0.15, 0.2) is 5.69 Å². The fourth-order valence-electron chi connectivity index (χ4n) is 6.53. The van der Waals surface area contributed by atoms with Crippen molar-refractivity contribution in [1.29, 1.82) is 0 Å². The van der Waals surface area contributed by atoms with E-state index in [0.29, 0.717) is 11.4 Å². The number of benzene rings is 4. The molecule has 1 aromatic heterocycles. The van der Waals surface area contributed by atoms with Crippen molar-refractivity contribution >= 4 is 35.3 Å². The second-order valence-electron chi connectivity index (χ2n) is 12.1. The Kier molecular flexibility index (Phi) is 13.5. The minimum atomic E-state index is -0.989. The van der Waals surface area contributed by atoms with Crippen molar-refractivity contribution in [3.05, 3.63) is 148 Å². The summed E-state index contributed by atoms with van der Waals surface area (Å²) in [5.74, 6) is -0.902. The molecule has 3 aliphatic heterocycles. The Morgan fingerprint density at radius 3 is 1.74 bits per heavy atom. The van der Waals surface area contributed by atoms with E-state index in [1.165, 1.54) is 28.5 Å². The number of aromatic nitrogens is 1. The molecule has 260 valence electrons. The average Bonchev–Trinajstić information content (AvgIpc) is 3.17. The fourth-order valence-corrected chi connectivity index (χ4v) is 6.85. The zero-order chi connectivity index (χ0) is 35.3. The number of nitrogens with zero attached hydrogens (tertiary/aromatic N) is 1. The summed E-state index contributed by atoms with van der Waals surface area (Å²) in [6, 6.07) is 33.8. The quantitative estimate of drug-likeness (QED) is 0.121. The highest BCUT2D eigenvalue weighted by Crippen LogP contribution is 2.24. The van der Waals surface area contributed by atoms with Crippen LogP contribution < -0.4 is 16.0 Å². The average molecular weight is 693 g/mol. The minimum Gasteiger partial charge on any atom is -0.480 e. The summed E-state index contributed by atoms with van der Waals surface area (Å²) in [5.41, 5.74) is 7.70. The molecule has 0 fully saturated rings. The first-order chi connectivity index (χ1) is 24.4. The highest BCUT2D eigenvalue weighted by atomic mass is 32.1. The van der Waals surface area contributed by atoms with E-state index in [4.69, 9.17) is 15.3 Å². The van der Waals surface area contributed by atoms with Crippen molar-refractivity contribution in [2.24, 2.45) is 0 Å². The lowest BCUT2D eigenvalue weighted by Crippen LogP contribution is -2.34. The van der Waals surface area contributed by atoms with Gasteiger partial charge in [0, 0.05) is 29.9 Å². The second-order valence-corrected chi connectivity index (χ2v) is 12.5. The van der Waals surface area contributed by atoms with E-state index >= 15 is 0 Å². The summed E-state index contributed by atoms with van der Waals surface area (Å²) in [7, 11) is 0. The Morgan fingerprint density at radius 2 is 1.16 bits per heavy atom. The van der Waals surface area contributed by atoms with Crippen molar-refractivity contribution in [2.45, 2.75) is 37.4 Å². The van der Waals surface area contributed by atoms with E-state index in [1.807, 2.05) is 42.5 Å².